The van der Waals surface area contributed by atoms with Crippen LogP contribution in [0.5, 0.6) is 5.75 Å². The van der Waals surface area contributed by atoms with Crippen molar-refractivity contribution in [2.24, 2.45) is 0 Å². The number of rotatable bonds is 4. The Hall–Kier alpha value is -1.69. The summed E-state index contributed by atoms with van der Waals surface area (Å²) < 4.78 is 27.5. The minimum Gasteiger partial charge on any atom is -0.497 e. The number of allylic oxidation sites excluding steroid dienone is 1. The van der Waals surface area contributed by atoms with Gasteiger partial charge in [0.2, 0.25) is 0 Å². The van der Waals surface area contributed by atoms with Crippen molar-refractivity contribution < 1.29 is 13.2 Å². The molecule has 1 aromatic rings. The first kappa shape index (κ1) is 12.8. The molecule has 1 heterocycles. The van der Waals surface area contributed by atoms with Crippen molar-refractivity contribution >= 4 is 15.5 Å². The van der Waals surface area contributed by atoms with Crippen molar-refractivity contribution in [2.75, 3.05) is 24.0 Å². The van der Waals surface area contributed by atoms with Gasteiger partial charge >= 0.3 is 0 Å². The van der Waals surface area contributed by atoms with E-state index in [2.05, 4.69) is 10.9 Å². The van der Waals surface area contributed by atoms with E-state index in [0.29, 0.717) is 6.42 Å². The summed E-state index contributed by atoms with van der Waals surface area (Å²) >= 11 is 0. The van der Waals surface area contributed by atoms with Crippen LogP contribution in [0.4, 0.5) is 5.69 Å². The molecule has 0 fully saturated rings. The number of sulfone groups is 1. The minimum absolute atomic E-state index is 0.111. The van der Waals surface area contributed by atoms with Crippen LogP contribution in [0.25, 0.3) is 0 Å². The molecule has 0 aromatic heterocycles. The van der Waals surface area contributed by atoms with Crippen molar-refractivity contribution in [3.63, 3.8) is 0 Å². The zero-order valence-corrected chi connectivity index (χ0v) is 11.0. The van der Waals surface area contributed by atoms with E-state index in [1.807, 2.05) is 24.3 Å². The lowest BCUT2D eigenvalue weighted by Gasteiger charge is -2.17. The average Bonchev–Trinajstić information content (AvgIpc) is 2.38. The monoisotopic (exact) mass is 268 g/mol. The van der Waals surface area contributed by atoms with Gasteiger partial charge in [-0.3, -0.25) is 0 Å². The molecule has 0 amide bonds. The molecule has 98 valence electrons. The molecule has 2 rings (SSSR count). The summed E-state index contributed by atoms with van der Waals surface area (Å²) in [5, 5.41) is 0. The molecule has 18 heavy (non-hydrogen) atoms. The van der Waals surface area contributed by atoms with Crippen LogP contribution < -0.4 is 15.6 Å². The van der Waals surface area contributed by atoms with Crippen molar-refractivity contribution in [1.82, 2.24) is 5.43 Å². The number of hydrazine groups is 1. The van der Waals surface area contributed by atoms with Crippen LogP contribution in [-0.2, 0) is 9.84 Å². The number of hydrogen-bond acceptors (Lipinski definition) is 5. The Morgan fingerprint density at radius 2 is 1.89 bits per heavy atom. The van der Waals surface area contributed by atoms with Gasteiger partial charge in [0, 0.05) is 12.1 Å². The first-order chi connectivity index (χ1) is 8.59. The molecule has 2 N–H and O–H groups in total. The molecule has 5 nitrogen and oxygen atoms in total. The van der Waals surface area contributed by atoms with Gasteiger partial charge in [0.15, 0.2) is 9.84 Å². The number of methoxy groups -OCH3 is 1. The summed E-state index contributed by atoms with van der Waals surface area (Å²) in [7, 11) is -1.25. The van der Waals surface area contributed by atoms with Crippen molar-refractivity contribution in [3.8, 4) is 5.75 Å². The van der Waals surface area contributed by atoms with E-state index in [0.717, 1.165) is 17.1 Å². The van der Waals surface area contributed by atoms with Gasteiger partial charge in [0.1, 0.15) is 5.75 Å². The molecule has 0 aliphatic carbocycles. The second-order valence-corrected chi connectivity index (χ2v) is 6.30. The molecule has 1 aliphatic rings. The van der Waals surface area contributed by atoms with Gasteiger partial charge in [-0.1, -0.05) is 0 Å². The lowest BCUT2D eigenvalue weighted by atomic mass is 10.3. The Morgan fingerprint density at radius 1 is 1.17 bits per heavy atom. The predicted octanol–water partition coefficient (Wildman–Crippen LogP) is 1.31. The van der Waals surface area contributed by atoms with E-state index in [9.17, 15) is 8.42 Å². The largest absolute Gasteiger partial charge is 0.497 e. The molecule has 1 aromatic carbocycles. The molecule has 0 bridgehead atoms. The van der Waals surface area contributed by atoms with Gasteiger partial charge in [0.25, 0.3) is 0 Å². The third-order valence-corrected chi connectivity index (χ3v) is 4.22. The smallest absolute Gasteiger partial charge is 0.154 e. The molecule has 1 aliphatic heterocycles. The van der Waals surface area contributed by atoms with Crippen molar-refractivity contribution in [1.29, 1.82) is 0 Å². The number of ether oxygens (including phenoxy) is 1. The van der Waals surface area contributed by atoms with E-state index < -0.39 is 9.84 Å². The molecular formula is C12H16N2O3S. The van der Waals surface area contributed by atoms with Gasteiger partial charge in [0.05, 0.1) is 24.3 Å². The Bertz CT molecular complexity index is 535. The van der Waals surface area contributed by atoms with Crippen molar-refractivity contribution in [2.45, 2.75) is 6.42 Å². The minimum atomic E-state index is -2.87. The summed E-state index contributed by atoms with van der Waals surface area (Å²) in [6.07, 6.45) is 2.22. The third kappa shape index (κ3) is 3.40. The normalized spacial score (nSPS) is 17.7. The molecule has 0 atom stereocenters. The summed E-state index contributed by atoms with van der Waals surface area (Å²) in [4.78, 5) is 0. The zero-order valence-electron chi connectivity index (χ0n) is 10.1. The molecule has 6 heteroatoms. The highest BCUT2D eigenvalue weighted by Crippen LogP contribution is 2.15. The highest BCUT2D eigenvalue weighted by Gasteiger charge is 2.15. The Labute approximate surface area is 107 Å². The first-order valence-corrected chi connectivity index (χ1v) is 7.47. The van der Waals surface area contributed by atoms with Gasteiger partial charge in [-0.05, 0) is 30.3 Å². The Balaban J connectivity index is 1.90. The van der Waals surface area contributed by atoms with Crippen LogP contribution in [0.15, 0.2) is 36.0 Å². The summed E-state index contributed by atoms with van der Waals surface area (Å²) in [6, 6.07) is 7.46. The molecule has 0 saturated heterocycles. The summed E-state index contributed by atoms with van der Waals surface area (Å²) in [5.74, 6) is 1.11. The molecule has 0 saturated carbocycles. The fraction of sp³-hybridized carbons (Fsp3) is 0.333. The van der Waals surface area contributed by atoms with Crippen LogP contribution in [-0.4, -0.2) is 27.0 Å². The Morgan fingerprint density at radius 3 is 2.44 bits per heavy atom. The summed E-state index contributed by atoms with van der Waals surface area (Å²) in [6.45, 7) is 0. The topological polar surface area (TPSA) is 67.4 Å². The second-order valence-electron chi connectivity index (χ2n) is 4.07. The number of hydrogen-bond donors (Lipinski definition) is 2. The second kappa shape index (κ2) is 5.30. The summed E-state index contributed by atoms with van der Waals surface area (Å²) in [5.41, 5.74) is 7.84. The highest BCUT2D eigenvalue weighted by atomic mass is 32.2. The van der Waals surface area contributed by atoms with Gasteiger partial charge in [-0.15, -0.1) is 0 Å². The first-order valence-electron chi connectivity index (χ1n) is 5.64. The number of benzene rings is 1. The lowest BCUT2D eigenvalue weighted by molar-refractivity contribution is 0.415. The van der Waals surface area contributed by atoms with Gasteiger partial charge in [-0.25, -0.2) is 8.42 Å². The maximum Gasteiger partial charge on any atom is 0.154 e. The van der Waals surface area contributed by atoms with Gasteiger partial charge in [-0.2, -0.15) is 0 Å². The SMILES string of the molecule is COc1ccc(NNC2=CCS(=O)(=O)CC2)cc1. The van der Waals surface area contributed by atoms with E-state index in [1.54, 1.807) is 13.2 Å². The fourth-order valence-electron chi connectivity index (χ4n) is 1.62. The fourth-order valence-corrected chi connectivity index (χ4v) is 2.77. The molecule has 0 unspecified atom stereocenters. The van der Waals surface area contributed by atoms with Crippen LogP contribution in [0, 0.1) is 0 Å². The van der Waals surface area contributed by atoms with Crippen LogP contribution in [0.1, 0.15) is 6.42 Å². The van der Waals surface area contributed by atoms with E-state index in [-0.39, 0.29) is 11.5 Å². The molecular weight excluding hydrogens is 252 g/mol. The van der Waals surface area contributed by atoms with E-state index in [4.69, 9.17) is 4.74 Å². The van der Waals surface area contributed by atoms with Crippen LogP contribution in [0.3, 0.4) is 0 Å². The Kier molecular flexibility index (Phi) is 3.76. The van der Waals surface area contributed by atoms with Crippen LogP contribution >= 0.6 is 0 Å². The number of nitrogens with one attached hydrogen (secondary N) is 2. The van der Waals surface area contributed by atoms with Crippen LogP contribution in [0.2, 0.25) is 0 Å². The van der Waals surface area contributed by atoms with Gasteiger partial charge < -0.3 is 15.6 Å². The van der Waals surface area contributed by atoms with E-state index >= 15 is 0 Å². The predicted molar refractivity (Wildman–Crippen MR) is 71.1 cm³/mol. The lowest BCUT2D eigenvalue weighted by Crippen LogP contribution is -2.27. The van der Waals surface area contributed by atoms with E-state index in [1.165, 1.54) is 0 Å². The zero-order chi connectivity index (χ0) is 13.0. The molecule has 0 spiro atoms. The maximum atomic E-state index is 11.2. The average molecular weight is 268 g/mol. The molecule has 0 radical (unpaired) electrons. The third-order valence-electron chi connectivity index (χ3n) is 2.72. The van der Waals surface area contributed by atoms with Crippen molar-refractivity contribution in [3.05, 3.63) is 36.0 Å². The maximum absolute atomic E-state index is 11.2. The quantitative estimate of drug-likeness (QED) is 0.806. The number of anilines is 1. The standard InChI is InChI=1S/C12H16N2O3S/c1-17-12-4-2-10(3-5-12)13-14-11-6-8-18(15,16)9-7-11/h2-6,13-14H,7-9H2,1H3. The highest BCUT2D eigenvalue weighted by molar-refractivity contribution is 7.91.